The van der Waals surface area contributed by atoms with E-state index in [2.05, 4.69) is 10.3 Å². The van der Waals surface area contributed by atoms with Crippen molar-refractivity contribution >= 4 is 11.9 Å². The third kappa shape index (κ3) is 2.85. The van der Waals surface area contributed by atoms with Gasteiger partial charge in [-0.25, -0.2) is 9.78 Å². The molecular weight excluding hydrogens is 222 g/mol. The molecule has 1 aliphatic rings. The van der Waals surface area contributed by atoms with Gasteiger partial charge in [0.15, 0.2) is 0 Å². The van der Waals surface area contributed by atoms with Crippen molar-refractivity contribution in [3.8, 4) is 0 Å². The van der Waals surface area contributed by atoms with Crippen LogP contribution in [0.1, 0.15) is 12.0 Å². The number of anilines is 1. The minimum absolute atomic E-state index is 0.0243. The second kappa shape index (κ2) is 5.01. The van der Waals surface area contributed by atoms with Crippen molar-refractivity contribution in [3.63, 3.8) is 0 Å². The molecule has 0 aliphatic carbocycles. The average Bonchev–Trinajstić information content (AvgIpc) is 2.79. The highest BCUT2D eigenvalue weighted by molar-refractivity contribution is 5.65. The summed E-state index contributed by atoms with van der Waals surface area (Å²) < 4.78 is 0. The summed E-state index contributed by atoms with van der Waals surface area (Å²) in [4.78, 5) is 16.3. The number of carbonyl (C=O) groups is 1. The number of hydrogen-bond donors (Lipinski definition) is 3. The largest absolute Gasteiger partial charge is 0.465 e. The molecule has 3 N–H and O–H groups in total. The maximum atomic E-state index is 10.7. The molecule has 1 atom stereocenters. The highest BCUT2D eigenvalue weighted by atomic mass is 16.4. The third-order valence-electron chi connectivity index (χ3n) is 2.82. The minimum atomic E-state index is -0.877. The number of likely N-dealkylation sites (tertiary alicyclic amines) is 1. The maximum Gasteiger partial charge on any atom is 0.407 e. The first kappa shape index (κ1) is 11.7. The van der Waals surface area contributed by atoms with E-state index in [1.165, 1.54) is 4.90 Å². The van der Waals surface area contributed by atoms with Gasteiger partial charge in [-0.1, -0.05) is 6.07 Å². The van der Waals surface area contributed by atoms with Crippen molar-refractivity contribution in [1.82, 2.24) is 9.88 Å². The molecular formula is C11H15N3O3. The molecule has 1 fully saturated rings. The number of carboxylic acid groups (broad SMARTS) is 1. The Balaban J connectivity index is 1.91. The Hall–Kier alpha value is -1.82. The van der Waals surface area contributed by atoms with E-state index in [1.54, 1.807) is 18.3 Å². The summed E-state index contributed by atoms with van der Waals surface area (Å²) in [6.07, 6.45) is 1.51. The highest BCUT2D eigenvalue weighted by Gasteiger charge is 2.25. The highest BCUT2D eigenvalue weighted by Crippen LogP contribution is 2.14. The van der Waals surface area contributed by atoms with Gasteiger partial charge in [0.2, 0.25) is 0 Å². The van der Waals surface area contributed by atoms with Crippen molar-refractivity contribution in [3.05, 3.63) is 23.9 Å². The fraction of sp³-hybridized carbons (Fsp3) is 0.455. The predicted molar refractivity (Wildman–Crippen MR) is 61.8 cm³/mol. The van der Waals surface area contributed by atoms with Crippen LogP contribution in [-0.4, -0.2) is 45.3 Å². The molecule has 0 aromatic carbocycles. The summed E-state index contributed by atoms with van der Waals surface area (Å²) in [5, 5.41) is 20.9. The SMILES string of the molecule is O=C(O)N1CC[C@@H](Nc2ccc(CO)cn2)C1. The molecule has 6 heteroatoms. The predicted octanol–water partition coefficient (Wildman–Crippen LogP) is 0.738. The lowest BCUT2D eigenvalue weighted by Crippen LogP contribution is -2.30. The van der Waals surface area contributed by atoms with Gasteiger partial charge in [-0.3, -0.25) is 0 Å². The van der Waals surface area contributed by atoms with E-state index in [-0.39, 0.29) is 12.6 Å². The quantitative estimate of drug-likeness (QED) is 0.721. The molecule has 17 heavy (non-hydrogen) atoms. The lowest BCUT2D eigenvalue weighted by molar-refractivity contribution is 0.155. The van der Waals surface area contributed by atoms with E-state index in [9.17, 15) is 4.79 Å². The summed E-state index contributed by atoms with van der Waals surface area (Å²) in [6.45, 7) is 1.02. The number of aliphatic hydroxyl groups excluding tert-OH is 1. The van der Waals surface area contributed by atoms with Gasteiger partial charge < -0.3 is 20.4 Å². The van der Waals surface area contributed by atoms with Gasteiger partial charge in [-0.15, -0.1) is 0 Å². The number of rotatable bonds is 3. The van der Waals surface area contributed by atoms with Crippen LogP contribution in [-0.2, 0) is 6.61 Å². The van der Waals surface area contributed by atoms with Crippen molar-refractivity contribution in [2.45, 2.75) is 19.1 Å². The summed E-state index contributed by atoms with van der Waals surface area (Å²) in [5.41, 5.74) is 0.758. The number of aromatic nitrogens is 1. The van der Waals surface area contributed by atoms with Crippen LogP contribution >= 0.6 is 0 Å². The van der Waals surface area contributed by atoms with Gasteiger partial charge in [-0.05, 0) is 18.1 Å². The number of aliphatic hydroxyl groups is 1. The molecule has 1 saturated heterocycles. The van der Waals surface area contributed by atoms with E-state index in [0.29, 0.717) is 18.9 Å². The van der Waals surface area contributed by atoms with Crippen LogP contribution in [0.3, 0.4) is 0 Å². The van der Waals surface area contributed by atoms with E-state index in [0.717, 1.165) is 12.0 Å². The molecule has 0 saturated carbocycles. The fourth-order valence-corrected chi connectivity index (χ4v) is 1.86. The molecule has 1 aromatic rings. The number of hydrogen-bond acceptors (Lipinski definition) is 4. The zero-order valence-corrected chi connectivity index (χ0v) is 9.33. The number of amides is 1. The molecule has 0 unspecified atom stereocenters. The first-order chi connectivity index (χ1) is 8.19. The standard InChI is InChI=1S/C11H15N3O3/c15-7-8-1-2-10(12-5-8)13-9-3-4-14(6-9)11(16)17/h1-2,5,9,15H,3-4,6-7H2,(H,12,13)(H,16,17)/t9-/m1/s1. The molecule has 2 rings (SSSR count). The third-order valence-corrected chi connectivity index (χ3v) is 2.82. The first-order valence-corrected chi connectivity index (χ1v) is 5.49. The van der Waals surface area contributed by atoms with Crippen LogP contribution in [0.15, 0.2) is 18.3 Å². The van der Waals surface area contributed by atoms with Gasteiger partial charge in [0.25, 0.3) is 0 Å². The van der Waals surface area contributed by atoms with Crippen molar-refractivity contribution < 1.29 is 15.0 Å². The Kier molecular flexibility index (Phi) is 3.43. The van der Waals surface area contributed by atoms with Gasteiger partial charge in [0.05, 0.1) is 6.61 Å². The van der Waals surface area contributed by atoms with Crippen molar-refractivity contribution in [2.24, 2.45) is 0 Å². The fourth-order valence-electron chi connectivity index (χ4n) is 1.86. The maximum absolute atomic E-state index is 10.7. The van der Waals surface area contributed by atoms with Crippen LogP contribution in [0, 0.1) is 0 Å². The monoisotopic (exact) mass is 237 g/mol. The van der Waals surface area contributed by atoms with Gasteiger partial charge >= 0.3 is 6.09 Å². The molecule has 0 radical (unpaired) electrons. The van der Waals surface area contributed by atoms with E-state index in [4.69, 9.17) is 10.2 Å². The Morgan fingerprint density at radius 3 is 2.94 bits per heavy atom. The molecule has 0 bridgehead atoms. The zero-order valence-electron chi connectivity index (χ0n) is 9.33. The van der Waals surface area contributed by atoms with Gasteiger partial charge in [0.1, 0.15) is 5.82 Å². The summed E-state index contributed by atoms with van der Waals surface area (Å²) >= 11 is 0. The Morgan fingerprint density at radius 2 is 2.41 bits per heavy atom. The number of nitrogens with one attached hydrogen (secondary N) is 1. The first-order valence-electron chi connectivity index (χ1n) is 5.49. The zero-order chi connectivity index (χ0) is 12.3. The summed E-state index contributed by atoms with van der Waals surface area (Å²) in [6, 6.07) is 3.69. The molecule has 6 nitrogen and oxygen atoms in total. The average molecular weight is 237 g/mol. The summed E-state index contributed by atoms with van der Waals surface area (Å²) in [5.74, 6) is 0.708. The van der Waals surface area contributed by atoms with E-state index in [1.807, 2.05) is 0 Å². The Labute approximate surface area is 98.9 Å². The second-order valence-corrected chi connectivity index (χ2v) is 4.07. The minimum Gasteiger partial charge on any atom is -0.465 e. The molecule has 1 aromatic heterocycles. The number of pyridine rings is 1. The normalized spacial score (nSPS) is 19.4. The van der Waals surface area contributed by atoms with Crippen LogP contribution in [0.5, 0.6) is 0 Å². The lowest BCUT2D eigenvalue weighted by Gasteiger charge is -2.14. The molecule has 2 heterocycles. The van der Waals surface area contributed by atoms with Crippen molar-refractivity contribution in [2.75, 3.05) is 18.4 Å². The Morgan fingerprint density at radius 1 is 1.59 bits per heavy atom. The van der Waals surface area contributed by atoms with Crippen LogP contribution in [0.25, 0.3) is 0 Å². The van der Waals surface area contributed by atoms with Crippen molar-refractivity contribution in [1.29, 1.82) is 0 Å². The molecule has 1 amide bonds. The summed E-state index contributed by atoms with van der Waals surface area (Å²) in [7, 11) is 0. The lowest BCUT2D eigenvalue weighted by atomic mass is 10.2. The Bertz CT molecular complexity index is 393. The van der Waals surface area contributed by atoms with E-state index >= 15 is 0 Å². The second-order valence-electron chi connectivity index (χ2n) is 4.07. The van der Waals surface area contributed by atoms with Gasteiger partial charge in [0, 0.05) is 25.3 Å². The topological polar surface area (TPSA) is 85.7 Å². The van der Waals surface area contributed by atoms with Crippen LogP contribution in [0.2, 0.25) is 0 Å². The smallest absolute Gasteiger partial charge is 0.407 e. The van der Waals surface area contributed by atoms with Gasteiger partial charge in [-0.2, -0.15) is 0 Å². The molecule has 92 valence electrons. The van der Waals surface area contributed by atoms with Crippen LogP contribution < -0.4 is 5.32 Å². The molecule has 0 spiro atoms. The molecule has 1 aliphatic heterocycles. The number of nitrogens with zero attached hydrogens (tertiary/aromatic N) is 2. The van der Waals surface area contributed by atoms with E-state index < -0.39 is 6.09 Å². The van der Waals surface area contributed by atoms with Crippen LogP contribution in [0.4, 0.5) is 10.6 Å².